The highest BCUT2D eigenvalue weighted by Crippen LogP contribution is 2.46. The van der Waals surface area contributed by atoms with Gasteiger partial charge in [-0.1, -0.05) is 18.7 Å². The predicted molar refractivity (Wildman–Crippen MR) is 120 cm³/mol. The summed E-state index contributed by atoms with van der Waals surface area (Å²) in [6.45, 7) is 2.20. The molecule has 2 aliphatic carbocycles. The number of nitrogen functional groups attached to an aromatic ring is 1. The summed E-state index contributed by atoms with van der Waals surface area (Å²) >= 11 is 2.61. The van der Waals surface area contributed by atoms with Crippen LogP contribution >= 0.6 is 23.1 Å². The third kappa shape index (κ3) is 4.10. The lowest BCUT2D eigenvalue weighted by Crippen LogP contribution is -2.15. The van der Waals surface area contributed by atoms with Crippen LogP contribution in [0.3, 0.4) is 0 Å². The van der Waals surface area contributed by atoms with E-state index < -0.39 is 0 Å². The summed E-state index contributed by atoms with van der Waals surface area (Å²) in [7, 11) is 0. The van der Waals surface area contributed by atoms with Crippen molar-refractivity contribution in [1.29, 1.82) is 15.8 Å². The van der Waals surface area contributed by atoms with E-state index in [4.69, 9.17) is 5.73 Å². The van der Waals surface area contributed by atoms with Crippen LogP contribution in [0.5, 0.6) is 0 Å². The van der Waals surface area contributed by atoms with Gasteiger partial charge in [-0.05, 0) is 55.1 Å². The first-order chi connectivity index (χ1) is 15.0. The van der Waals surface area contributed by atoms with Crippen LogP contribution < -0.4 is 11.1 Å². The van der Waals surface area contributed by atoms with Gasteiger partial charge in [0, 0.05) is 4.88 Å². The normalized spacial score (nSPS) is 17.2. The minimum Gasteiger partial charge on any atom is -0.383 e. The summed E-state index contributed by atoms with van der Waals surface area (Å²) in [6.07, 6.45) is 4.67. The molecule has 0 unspecified atom stereocenters. The number of thiophene rings is 1. The summed E-state index contributed by atoms with van der Waals surface area (Å²) in [5.41, 5.74) is 8.87. The van der Waals surface area contributed by atoms with E-state index in [9.17, 15) is 20.6 Å². The molecule has 3 N–H and O–H groups in total. The molecule has 2 heterocycles. The number of nitrogens with one attached hydrogen (secondary N) is 1. The molecule has 1 saturated carbocycles. The average Bonchev–Trinajstić information content (AvgIpc) is 3.53. The van der Waals surface area contributed by atoms with Gasteiger partial charge in [-0.3, -0.25) is 4.79 Å². The number of rotatable bonds is 5. The topological polar surface area (TPSA) is 139 Å². The zero-order chi connectivity index (χ0) is 22.1. The van der Waals surface area contributed by atoms with Crippen molar-refractivity contribution in [2.75, 3.05) is 16.8 Å². The fourth-order valence-electron chi connectivity index (χ4n) is 3.96. The van der Waals surface area contributed by atoms with Gasteiger partial charge in [0.05, 0.1) is 22.4 Å². The highest BCUT2D eigenvalue weighted by atomic mass is 32.2. The minimum atomic E-state index is -0.269. The van der Waals surface area contributed by atoms with Crippen molar-refractivity contribution in [1.82, 2.24) is 4.98 Å². The van der Waals surface area contributed by atoms with Crippen LogP contribution in [-0.2, 0) is 17.6 Å². The fraction of sp³-hybridized carbons (Fsp3) is 0.409. The zero-order valence-electron chi connectivity index (χ0n) is 17.0. The molecule has 9 heteroatoms. The minimum absolute atomic E-state index is 0.0287. The first-order valence-corrected chi connectivity index (χ1v) is 11.9. The van der Waals surface area contributed by atoms with Crippen LogP contribution in [0, 0.1) is 39.9 Å². The Balaban J connectivity index is 1.53. The number of fused-ring (bicyclic) bond motifs is 1. The Morgan fingerprint density at radius 1 is 1.19 bits per heavy atom. The molecule has 156 valence electrons. The van der Waals surface area contributed by atoms with E-state index in [-0.39, 0.29) is 29.0 Å². The standard InChI is InChI=1S/C22H20N6OS2/c1-11-2-5-13-14(7-23)22(31-17(13)6-11)27-18(29)10-30-21-16(9-25)19(12-3-4-12)15(8-24)20(26)28-21/h11-12H,2-6,10H2,1H3,(H2,26,28)(H,27,29)/t11-/m0/s1. The van der Waals surface area contributed by atoms with Crippen molar-refractivity contribution in [3.05, 3.63) is 32.7 Å². The third-order valence-corrected chi connectivity index (χ3v) is 7.80. The maximum Gasteiger partial charge on any atom is 0.235 e. The zero-order valence-corrected chi connectivity index (χ0v) is 18.6. The van der Waals surface area contributed by atoms with Crippen molar-refractivity contribution in [2.24, 2.45) is 5.92 Å². The summed E-state index contributed by atoms with van der Waals surface area (Å²) in [4.78, 5) is 18.0. The molecule has 1 atom stereocenters. The number of amides is 1. The molecule has 31 heavy (non-hydrogen) atoms. The SMILES string of the molecule is C[C@H]1CCc2c(sc(NC(=O)CSc3nc(N)c(C#N)c(C4CC4)c3C#N)c2C#N)C1. The van der Waals surface area contributed by atoms with E-state index in [1.807, 2.05) is 0 Å². The second-order valence-corrected chi connectivity index (χ2v) is 10.0. The molecule has 0 bridgehead atoms. The first kappa shape index (κ1) is 21.2. The van der Waals surface area contributed by atoms with Crippen molar-refractivity contribution in [3.63, 3.8) is 0 Å². The number of thioether (sulfide) groups is 1. The van der Waals surface area contributed by atoms with Crippen LogP contribution in [0.1, 0.15) is 64.8 Å². The number of carbonyl (C=O) groups excluding carboxylic acids is 1. The van der Waals surface area contributed by atoms with E-state index in [0.717, 1.165) is 49.4 Å². The number of carbonyl (C=O) groups is 1. The smallest absolute Gasteiger partial charge is 0.235 e. The molecule has 0 spiro atoms. The summed E-state index contributed by atoms with van der Waals surface area (Å²) in [5, 5.41) is 32.5. The summed E-state index contributed by atoms with van der Waals surface area (Å²) in [6, 6.07) is 6.47. The molecule has 0 aliphatic heterocycles. The van der Waals surface area contributed by atoms with Gasteiger partial charge in [0.1, 0.15) is 34.1 Å². The van der Waals surface area contributed by atoms with Crippen molar-refractivity contribution >= 4 is 39.8 Å². The number of aromatic nitrogens is 1. The molecule has 2 aromatic rings. The Bertz CT molecular complexity index is 1190. The van der Waals surface area contributed by atoms with Gasteiger partial charge < -0.3 is 11.1 Å². The van der Waals surface area contributed by atoms with Crippen LogP contribution in [0.2, 0.25) is 0 Å². The van der Waals surface area contributed by atoms with E-state index in [0.29, 0.717) is 32.6 Å². The maximum absolute atomic E-state index is 12.6. The number of pyridine rings is 1. The second-order valence-electron chi connectivity index (χ2n) is 7.97. The Morgan fingerprint density at radius 2 is 1.90 bits per heavy atom. The van der Waals surface area contributed by atoms with Crippen LogP contribution in [-0.4, -0.2) is 16.6 Å². The highest BCUT2D eigenvalue weighted by molar-refractivity contribution is 8.00. The Kier molecular flexibility index (Phi) is 5.87. The second kappa shape index (κ2) is 8.59. The highest BCUT2D eigenvalue weighted by Gasteiger charge is 2.32. The number of nitrogens with two attached hydrogens (primary N) is 1. The predicted octanol–water partition coefficient (Wildman–Crippen LogP) is 4.07. The van der Waals surface area contributed by atoms with Crippen LogP contribution in [0.15, 0.2) is 5.03 Å². The Labute approximate surface area is 188 Å². The lowest BCUT2D eigenvalue weighted by Gasteiger charge is -2.17. The van der Waals surface area contributed by atoms with Gasteiger partial charge in [-0.15, -0.1) is 11.3 Å². The maximum atomic E-state index is 12.6. The number of hydrogen-bond donors (Lipinski definition) is 2. The molecule has 2 aliphatic rings. The van der Waals surface area contributed by atoms with E-state index >= 15 is 0 Å². The average molecular weight is 449 g/mol. The van der Waals surface area contributed by atoms with E-state index in [1.165, 1.54) is 16.2 Å². The largest absolute Gasteiger partial charge is 0.383 e. The summed E-state index contributed by atoms with van der Waals surface area (Å²) in [5.74, 6) is 0.587. The number of nitriles is 3. The molecule has 1 fully saturated rings. The molecular weight excluding hydrogens is 428 g/mol. The molecule has 0 aromatic carbocycles. The van der Waals surface area contributed by atoms with Gasteiger partial charge in [-0.2, -0.15) is 15.8 Å². The van der Waals surface area contributed by atoms with Gasteiger partial charge >= 0.3 is 0 Å². The number of nitrogens with zero attached hydrogens (tertiary/aromatic N) is 4. The summed E-state index contributed by atoms with van der Waals surface area (Å²) < 4.78 is 0. The monoisotopic (exact) mass is 448 g/mol. The molecular formula is C22H20N6OS2. The van der Waals surface area contributed by atoms with E-state index in [2.05, 4.69) is 35.4 Å². The molecule has 2 aromatic heterocycles. The first-order valence-electron chi connectivity index (χ1n) is 10.1. The van der Waals surface area contributed by atoms with Crippen LogP contribution in [0.4, 0.5) is 10.8 Å². The molecule has 1 amide bonds. The lowest BCUT2D eigenvalue weighted by atomic mass is 9.89. The Morgan fingerprint density at radius 3 is 2.55 bits per heavy atom. The van der Waals surface area contributed by atoms with Gasteiger partial charge in [-0.25, -0.2) is 4.98 Å². The molecule has 4 rings (SSSR count). The van der Waals surface area contributed by atoms with E-state index in [1.54, 1.807) is 0 Å². The Hall–Kier alpha value is -3.06. The molecule has 0 saturated heterocycles. The van der Waals surface area contributed by atoms with Crippen LogP contribution in [0.25, 0.3) is 0 Å². The lowest BCUT2D eigenvalue weighted by molar-refractivity contribution is -0.113. The van der Waals surface area contributed by atoms with Crippen molar-refractivity contribution in [2.45, 2.75) is 50.0 Å². The fourth-order valence-corrected chi connectivity index (χ4v) is 6.14. The molecule has 7 nitrogen and oxygen atoms in total. The van der Waals surface area contributed by atoms with Crippen molar-refractivity contribution < 1.29 is 4.79 Å². The van der Waals surface area contributed by atoms with Crippen molar-refractivity contribution in [3.8, 4) is 18.2 Å². The van der Waals surface area contributed by atoms with Gasteiger partial charge in [0.15, 0.2) is 0 Å². The number of hydrogen-bond acceptors (Lipinski definition) is 8. The number of anilines is 2. The third-order valence-electron chi connectivity index (χ3n) is 5.66. The van der Waals surface area contributed by atoms with Gasteiger partial charge in [0.2, 0.25) is 5.91 Å². The quantitative estimate of drug-likeness (QED) is 0.657. The molecule has 0 radical (unpaired) electrons. The van der Waals surface area contributed by atoms with Gasteiger partial charge in [0.25, 0.3) is 0 Å².